The van der Waals surface area contributed by atoms with Gasteiger partial charge in [0.2, 0.25) is 0 Å². The molecule has 2 N–H and O–H groups in total. The van der Waals surface area contributed by atoms with Crippen LogP contribution in [-0.4, -0.2) is 35.0 Å². The van der Waals surface area contributed by atoms with Crippen molar-refractivity contribution in [1.82, 2.24) is 0 Å². The lowest BCUT2D eigenvalue weighted by atomic mass is 9.31. The first kappa shape index (κ1) is 23.8. The van der Waals surface area contributed by atoms with Crippen molar-refractivity contribution >= 4 is 5.97 Å². The summed E-state index contributed by atoms with van der Waals surface area (Å²) in [4.78, 5) is 13.4. The minimum Gasteiger partial charge on any atom is -0.461 e. The number of fused-ring (bicyclic) bond motifs is 5. The number of esters is 1. The molecule has 0 amide bonds. The number of hydrogen-bond acceptors (Lipinski definition) is 4. The first-order valence-electron chi connectivity index (χ1n) is 14.3. The van der Waals surface area contributed by atoms with Gasteiger partial charge in [0.1, 0.15) is 6.10 Å². The Hall–Kier alpha value is -0.610. The number of rotatable bonds is 1. The zero-order chi connectivity index (χ0) is 24.5. The summed E-state index contributed by atoms with van der Waals surface area (Å²) in [7, 11) is 0. The Morgan fingerprint density at radius 1 is 0.853 bits per heavy atom. The molecule has 1 heterocycles. The molecule has 0 radical (unpaired) electrons. The Morgan fingerprint density at radius 3 is 2.26 bits per heavy atom. The van der Waals surface area contributed by atoms with Crippen molar-refractivity contribution in [3.8, 4) is 0 Å². The lowest BCUT2D eigenvalue weighted by Crippen LogP contribution is -2.69. The zero-order valence-corrected chi connectivity index (χ0v) is 22.5. The van der Waals surface area contributed by atoms with Crippen LogP contribution in [0.25, 0.3) is 0 Å². The molecule has 0 spiro atoms. The molecule has 4 nitrogen and oxygen atoms in total. The van der Waals surface area contributed by atoms with Crippen molar-refractivity contribution in [1.29, 1.82) is 0 Å². The molecule has 5 aliphatic carbocycles. The van der Waals surface area contributed by atoms with Gasteiger partial charge in [-0.15, -0.1) is 0 Å². The van der Waals surface area contributed by atoms with Gasteiger partial charge in [0, 0.05) is 23.4 Å². The van der Waals surface area contributed by atoms with Gasteiger partial charge in [-0.1, -0.05) is 41.5 Å². The molecule has 6 fully saturated rings. The number of aliphatic hydroxyl groups excluding tert-OH is 2. The fraction of sp³-hybridized carbons (Fsp3) is 0.967. The Bertz CT molecular complexity index is 894. The van der Waals surface area contributed by atoms with Crippen LogP contribution in [-0.2, 0) is 9.53 Å². The first-order valence-corrected chi connectivity index (χ1v) is 14.3. The second kappa shape index (κ2) is 6.82. The van der Waals surface area contributed by atoms with E-state index in [0.717, 1.165) is 57.8 Å². The van der Waals surface area contributed by atoms with E-state index in [1.807, 2.05) is 0 Å². The highest BCUT2D eigenvalue weighted by Crippen LogP contribution is 2.78. The van der Waals surface area contributed by atoms with E-state index in [-0.39, 0.29) is 63.2 Å². The number of carbonyl (C=O) groups excluding carboxylic acids is 1. The van der Waals surface area contributed by atoms with E-state index in [0.29, 0.717) is 17.8 Å². The Labute approximate surface area is 206 Å². The van der Waals surface area contributed by atoms with Crippen LogP contribution in [0.5, 0.6) is 0 Å². The van der Waals surface area contributed by atoms with Crippen LogP contribution in [0, 0.1) is 56.2 Å². The molecule has 1 aliphatic heterocycles. The molecule has 4 heteroatoms. The van der Waals surface area contributed by atoms with E-state index in [1.165, 1.54) is 6.42 Å². The van der Waals surface area contributed by atoms with E-state index in [4.69, 9.17) is 4.74 Å². The van der Waals surface area contributed by atoms with Gasteiger partial charge in [0.15, 0.2) is 0 Å². The highest BCUT2D eigenvalue weighted by molar-refractivity contribution is 5.81. The third-order valence-electron chi connectivity index (χ3n) is 14.0. The standard InChI is InChI=1S/C30H48O4/c1-25(2)13-14-29-15-16-30(17-31)18(22(29)23(25)34-24(29)33)7-8-20-27(5)11-10-21(32)26(3,4)19(27)9-12-28(20,30)6/h18-23,31-32H,7-17H2,1-6H3/t18-,19+,20+,21+,22+,23-,27+,28-,29+,30+/m1/s1. The third kappa shape index (κ3) is 2.47. The predicted molar refractivity (Wildman–Crippen MR) is 132 cm³/mol. The van der Waals surface area contributed by atoms with Gasteiger partial charge in [-0.2, -0.15) is 0 Å². The van der Waals surface area contributed by atoms with Crippen molar-refractivity contribution in [2.75, 3.05) is 6.61 Å². The van der Waals surface area contributed by atoms with E-state index >= 15 is 0 Å². The van der Waals surface area contributed by atoms with Gasteiger partial charge in [-0.05, 0) is 98.2 Å². The Kier molecular flexibility index (Phi) is 4.77. The normalized spacial score (nSPS) is 57.0. The SMILES string of the molecule is CC1(C)CC[C@]23CC[C@]4(CO)[C@H](CC[C@H]5[C@@]6(C)CC[C@H](O)C(C)(C)[C@@H]6CC[C@]54C)[C@H]2[C@H]1OC3=O. The summed E-state index contributed by atoms with van der Waals surface area (Å²) in [5.41, 5.74) is -0.192. The molecule has 1 saturated heterocycles. The largest absolute Gasteiger partial charge is 0.461 e. The molecule has 192 valence electrons. The molecule has 0 aromatic rings. The molecule has 2 bridgehead atoms. The first-order chi connectivity index (χ1) is 15.8. The lowest BCUT2D eigenvalue weighted by Gasteiger charge is -2.73. The monoisotopic (exact) mass is 472 g/mol. The molecule has 6 rings (SSSR count). The smallest absolute Gasteiger partial charge is 0.312 e. The molecular formula is C30H48O4. The highest BCUT2D eigenvalue weighted by Gasteiger charge is 2.76. The van der Waals surface area contributed by atoms with Crippen LogP contribution in [0.3, 0.4) is 0 Å². The fourth-order valence-corrected chi connectivity index (χ4v) is 12.0. The fourth-order valence-electron chi connectivity index (χ4n) is 12.0. The molecule has 10 atom stereocenters. The zero-order valence-electron chi connectivity index (χ0n) is 22.5. The number of hydrogen-bond donors (Lipinski definition) is 2. The van der Waals surface area contributed by atoms with Gasteiger partial charge in [0.25, 0.3) is 0 Å². The van der Waals surface area contributed by atoms with Crippen molar-refractivity contribution in [2.24, 2.45) is 56.2 Å². The number of carbonyl (C=O) groups is 1. The second-order valence-electron chi connectivity index (χ2n) is 15.4. The minimum atomic E-state index is -0.301. The average Bonchev–Trinajstić information content (AvgIpc) is 3.03. The van der Waals surface area contributed by atoms with Crippen molar-refractivity contribution < 1.29 is 19.7 Å². The minimum absolute atomic E-state index is 0.000752. The van der Waals surface area contributed by atoms with Crippen LogP contribution in [0.4, 0.5) is 0 Å². The van der Waals surface area contributed by atoms with Crippen LogP contribution in [0.15, 0.2) is 0 Å². The molecular weight excluding hydrogens is 424 g/mol. The summed E-state index contributed by atoms with van der Waals surface area (Å²) < 4.78 is 6.24. The van der Waals surface area contributed by atoms with Crippen LogP contribution in [0.2, 0.25) is 0 Å². The Balaban J connectivity index is 1.44. The quantitative estimate of drug-likeness (QED) is 0.478. The van der Waals surface area contributed by atoms with E-state index < -0.39 is 0 Å². The van der Waals surface area contributed by atoms with Gasteiger partial charge >= 0.3 is 5.97 Å². The van der Waals surface area contributed by atoms with E-state index in [1.54, 1.807) is 0 Å². The summed E-state index contributed by atoms with van der Waals surface area (Å²) >= 11 is 0. The second-order valence-corrected chi connectivity index (χ2v) is 15.4. The van der Waals surface area contributed by atoms with E-state index in [9.17, 15) is 15.0 Å². The topological polar surface area (TPSA) is 66.8 Å². The van der Waals surface area contributed by atoms with Crippen LogP contribution < -0.4 is 0 Å². The number of aliphatic hydroxyl groups is 2. The van der Waals surface area contributed by atoms with Gasteiger partial charge < -0.3 is 14.9 Å². The highest BCUT2D eigenvalue weighted by atomic mass is 16.6. The molecule has 0 aromatic carbocycles. The van der Waals surface area contributed by atoms with Crippen molar-refractivity contribution in [3.05, 3.63) is 0 Å². The third-order valence-corrected chi connectivity index (χ3v) is 14.0. The average molecular weight is 473 g/mol. The predicted octanol–water partition coefficient (Wildman–Crippen LogP) is 5.74. The molecule has 0 unspecified atom stereocenters. The molecule has 5 saturated carbocycles. The lowest BCUT2D eigenvalue weighted by molar-refractivity contribution is -0.266. The Morgan fingerprint density at radius 2 is 1.56 bits per heavy atom. The summed E-state index contributed by atoms with van der Waals surface area (Å²) in [5.74, 6) is 1.79. The summed E-state index contributed by atoms with van der Waals surface area (Å²) in [5, 5.41) is 22.2. The molecule has 6 aliphatic rings. The van der Waals surface area contributed by atoms with Crippen molar-refractivity contribution in [2.45, 2.75) is 118 Å². The summed E-state index contributed by atoms with van der Waals surface area (Å²) in [6, 6.07) is 0. The summed E-state index contributed by atoms with van der Waals surface area (Å²) in [6.45, 7) is 14.5. The number of ether oxygens (including phenoxy) is 1. The van der Waals surface area contributed by atoms with Gasteiger partial charge in [-0.25, -0.2) is 0 Å². The molecule has 0 aromatic heterocycles. The summed E-state index contributed by atoms with van der Waals surface area (Å²) in [6.07, 6.45) is 10.2. The van der Waals surface area contributed by atoms with Gasteiger partial charge in [-0.3, -0.25) is 4.79 Å². The van der Waals surface area contributed by atoms with Crippen LogP contribution >= 0.6 is 0 Å². The maximum atomic E-state index is 13.4. The van der Waals surface area contributed by atoms with Gasteiger partial charge in [0.05, 0.1) is 11.5 Å². The molecule has 34 heavy (non-hydrogen) atoms. The maximum absolute atomic E-state index is 13.4. The van der Waals surface area contributed by atoms with Crippen LogP contribution in [0.1, 0.15) is 106 Å². The van der Waals surface area contributed by atoms with E-state index in [2.05, 4.69) is 41.5 Å². The van der Waals surface area contributed by atoms with Crippen molar-refractivity contribution in [3.63, 3.8) is 0 Å². The maximum Gasteiger partial charge on any atom is 0.312 e.